The number of rotatable bonds is 2. The monoisotopic (exact) mass is 167 g/mol. The second-order valence-corrected chi connectivity index (χ2v) is 2.38. The van der Waals surface area contributed by atoms with Gasteiger partial charge in [0.2, 0.25) is 0 Å². The maximum atomic E-state index is 8.86. The lowest BCUT2D eigenvalue weighted by Gasteiger charge is -2.07. The van der Waals surface area contributed by atoms with Crippen LogP contribution in [0.3, 0.4) is 0 Å². The molecule has 4 N–H and O–H groups in total. The van der Waals surface area contributed by atoms with E-state index in [9.17, 15) is 0 Å². The van der Waals surface area contributed by atoms with Crippen LogP contribution in [0.25, 0.3) is 0 Å². The van der Waals surface area contributed by atoms with Crippen LogP contribution in [0.5, 0.6) is 5.75 Å². The normalized spacial score (nSPS) is 9.58. The van der Waals surface area contributed by atoms with E-state index in [1.807, 2.05) is 0 Å². The summed E-state index contributed by atoms with van der Waals surface area (Å²) in [6.45, 7) is 0. The molecule has 1 aromatic carbocycles. The highest BCUT2D eigenvalue weighted by atomic mass is 16.5. The Hall–Kier alpha value is -1.20. The molecule has 64 valence electrons. The van der Waals surface area contributed by atoms with Crippen LogP contribution in [0.1, 0.15) is 0 Å². The molecular formula is C7H10BNO3. The third-order valence-corrected chi connectivity index (χ3v) is 1.54. The van der Waals surface area contributed by atoms with Gasteiger partial charge in [0.1, 0.15) is 5.75 Å². The summed E-state index contributed by atoms with van der Waals surface area (Å²) in [5, 5.41) is 17.7. The first kappa shape index (κ1) is 8.90. The summed E-state index contributed by atoms with van der Waals surface area (Å²) < 4.78 is 4.89. The third-order valence-electron chi connectivity index (χ3n) is 1.54. The standard InChI is InChI=1S/C7H10BNO3/c1-12-7-4-5(9)2-3-6(7)8(10)11/h2-4,10-11H,9H2,1H3. The minimum Gasteiger partial charge on any atom is -0.497 e. The van der Waals surface area contributed by atoms with Crippen molar-refractivity contribution < 1.29 is 14.8 Å². The quantitative estimate of drug-likeness (QED) is 0.388. The molecule has 5 heteroatoms. The minimum atomic E-state index is -1.53. The Labute approximate surface area is 70.7 Å². The molecule has 1 rings (SSSR count). The van der Waals surface area contributed by atoms with Gasteiger partial charge in [0.25, 0.3) is 0 Å². The van der Waals surface area contributed by atoms with Gasteiger partial charge < -0.3 is 20.5 Å². The van der Waals surface area contributed by atoms with Crippen molar-refractivity contribution in [3.63, 3.8) is 0 Å². The van der Waals surface area contributed by atoms with Gasteiger partial charge >= 0.3 is 7.12 Å². The average molecular weight is 167 g/mol. The van der Waals surface area contributed by atoms with Crippen molar-refractivity contribution in [2.45, 2.75) is 0 Å². The van der Waals surface area contributed by atoms with E-state index in [1.165, 1.54) is 19.2 Å². The van der Waals surface area contributed by atoms with Gasteiger partial charge in [-0.1, -0.05) is 6.07 Å². The smallest absolute Gasteiger partial charge is 0.492 e. The van der Waals surface area contributed by atoms with E-state index in [1.54, 1.807) is 6.07 Å². The van der Waals surface area contributed by atoms with Crippen molar-refractivity contribution in [2.24, 2.45) is 0 Å². The number of nitrogens with two attached hydrogens (primary N) is 1. The largest absolute Gasteiger partial charge is 0.497 e. The Morgan fingerprint density at radius 3 is 2.58 bits per heavy atom. The van der Waals surface area contributed by atoms with Crippen LogP contribution in [-0.2, 0) is 0 Å². The molecule has 1 aromatic rings. The van der Waals surface area contributed by atoms with E-state index in [-0.39, 0.29) is 0 Å². The molecule has 0 saturated heterocycles. The van der Waals surface area contributed by atoms with Crippen molar-refractivity contribution in [2.75, 3.05) is 12.8 Å². The predicted octanol–water partition coefficient (Wildman–Crippen LogP) is -1.04. The number of hydrogen-bond donors (Lipinski definition) is 3. The average Bonchev–Trinajstić information content (AvgIpc) is 2.03. The molecule has 0 spiro atoms. The minimum absolute atomic E-state index is 0.312. The lowest BCUT2D eigenvalue weighted by molar-refractivity contribution is 0.403. The number of hydrogen-bond acceptors (Lipinski definition) is 4. The van der Waals surface area contributed by atoms with Crippen molar-refractivity contribution in [3.05, 3.63) is 18.2 Å². The number of nitrogen functional groups attached to an aromatic ring is 1. The maximum Gasteiger partial charge on any atom is 0.492 e. The summed E-state index contributed by atoms with van der Waals surface area (Å²) in [7, 11) is -0.0822. The first-order chi connectivity index (χ1) is 5.65. The van der Waals surface area contributed by atoms with Gasteiger partial charge in [-0.25, -0.2) is 0 Å². The SMILES string of the molecule is COc1cc(N)ccc1B(O)O. The number of anilines is 1. The van der Waals surface area contributed by atoms with Gasteiger partial charge in [0, 0.05) is 17.2 Å². The van der Waals surface area contributed by atoms with E-state index >= 15 is 0 Å². The summed E-state index contributed by atoms with van der Waals surface area (Å²) in [5.74, 6) is 0.380. The Kier molecular flexibility index (Phi) is 2.57. The van der Waals surface area contributed by atoms with Gasteiger partial charge in [-0.15, -0.1) is 0 Å². The zero-order chi connectivity index (χ0) is 9.14. The molecule has 0 amide bonds. The Bertz CT molecular complexity index is 277. The molecule has 0 bridgehead atoms. The molecule has 0 aliphatic rings. The fourth-order valence-electron chi connectivity index (χ4n) is 0.941. The third kappa shape index (κ3) is 1.69. The Morgan fingerprint density at radius 2 is 2.08 bits per heavy atom. The molecule has 4 nitrogen and oxygen atoms in total. The fraction of sp³-hybridized carbons (Fsp3) is 0.143. The number of methoxy groups -OCH3 is 1. The summed E-state index contributed by atoms with van der Waals surface area (Å²) in [6, 6.07) is 4.63. The van der Waals surface area contributed by atoms with E-state index in [0.29, 0.717) is 16.9 Å². The number of benzene rings is 1. The molecule has 0 atom stereocenters. The molecule has 0 aliphatic carbocycles. The van der Waals surface area contributed by atoms with Crippen LogP contribution < -0.4 is 15.9 Å². The summed E-state index contributed by atoms with van der Waals surface area (Å²) in [4.78, 5) is 0. The molecule has 0 fully saturated rings. The summed E-state index contributed by atoms with van der Waals surface area (Å²) >= 11 is 0. The van der Waals surface area contributed by atoms with Crippen molar-refractivity contribution in [1.29, 1.82) is 0 Å². The molecule has 0 heterocycles. The van der Waals surface area contributed by atoms with E-state index < -0.39 is 7.12 Å². The molecular weight excluding hydrogens is 157 g/mol. The maximum absolute atomic E-state index is 8.86. The van der Waals surface area contributed by atoms with Crippen LogP contribution in [0, 0.1) is 0 Å². The van der Waals surface area contributed by atoms with Crippen LogP contribution in [0.2, 0.25) is 0 Å². The highest BCUT2D eigenvalue weighted by Gasteiger charge is 2.16. The molecule has 0 aromatic heterocycles. The topological polar surface area (TPSA) is 75.7 Å². The van der Waals surface area contributed by atoms with E-state index in [4.69, 9.17) is 20.5 Å². The molecule has 0 unspecified atom stereocenters. The van der Waals surface area contributed by atoms with E-state index in [2.05, 4.69) is 0 Å². The van der Waals surface area contributed by atoms with Gasteiger partial charge in [0.05, 0.1) is 7.11 Å². The van der Waals surface area contributed by atoms with Crippen molar-refractivity contribution in [1.82, 2.24) is 0 Å². The molecule has 0 radical (unpaired) electrons. The van der Waals surface area contributed by atoms with Gasteiger partial charge in [0.15, 0.2) is 0 Å². The lowest BCUT2D eigenvalue weighted by Crippen LogP contribution is -2.31. The van der Waals surface area contributed by atoms with Gasteiger partial charge in [-0.3, -0.25) is 0 Å². The van der Waals surface area contributed by atoms with E-state index in [0.717, 1.165) is 0 Å². The molecule has 0 saturated carbocycles. The highest BCUT2D eigenvalue weighted by molar-refractivity contribution is 6.59. The first-order valence-electron chi connectivity index (χ1n) is 3.44. The molecule has 0 aliphatic heterocycles. The number of ether oxygens (including phenoxy) is 1. The zero-order valence-corrected chi connectivity index (χ0v) is 6.69. The fourth-order valence-corrected chi connectivity index (χ4v) is 0.941. The van der Waals surface area contributed by atoms with Crippen LogP contribution in [-0.4, -0.2) is 24.3 Å². The van der Waals surface area contributed by atoms with Crippen LogP contribution in [0.4, 0.5) is 5.69 Å². The zero-order valence-electron chi connectivity index (χ0n) is 6.69. The summed E-state index contributed by atoms with van der Waals surface area (Å²) in [6.07, 6.45) is 0. The van der Waals surface area contributed by atoms with Crippen LogP contribution in [0.15, 0.2) is 18.2 Å². The Morgan fingerprint density at radius 1 is 1.42 bits per heavy atom. The second kappa shape index (κ2) is 3.47. The Balaban J connectivity index is 3.11. The van der Waals surface area contributed by atoms with Gasteiger partial charge in [-0.05, 0) is 6.07 Å². The van der Waals surface area contributed by atoms with Gasteiger partial charge in [-0.2, -0.15) is 0 Å². The highest BCUT2D eigenvalue weighted by Crippen LogP contribution is 2.11. The predicted molar refractivity (Wildman–Crippen MR) is 47.2 cm³/mol. The summed E-state index contributed by atoms with van der Waals surface area (Å²) in [5.41, 5.74) is 6.30. The first-order valence-corrected chi connectivity index (χ1v) is 3.44. The second-order valence-electron chi connectivity index (χ2n) is 2.38. The molecule has 12 heavy (non-hydrogen) atoms. The van der Waals surface area contributed by atoms with Crippen molar-refractivity contribution >= 4 is 18.3 Å². The van der Waals surface area contributed by atoms with Crippen LogP contribution >= 0.6 is 0 Å². The lowest BCUT2D eigenvalue weighted by atomic mass is 9.79. The van der Waals surface area contributed by atoms with Crippen molar-refractivity contribution in [3.8, 4) is 5.75 Å².